The van der Waals surface area contributed by atoms with Crippen molar-refractivity contribution in [3.63, 3.8) is 0 Å². The first-order valence-corrected chi connectivity index (χ1v) is 8.13. The zero-order chi connectivity index (χ0) is 14.4. The molecular weight excluding hydrogens is 248 g/mol. The summed E-state index contributed by atoms with van der Waals surface area (Å²) in [5.74, 6) is 0.802. The lowest BCUT2D eigenvalue weighted by atomic mass is 9.75. The summed E-state index contributed by atoms with van der Waals surface area (Å²) in [6.07, 6.45) is 10.3. The van der Waals surface area contributed by atoms with Gasteiger partial charge in [0.1, 0.15) is 0 Å². The Balaban J connectivity index is 2.04. The second kappa shape index (κ2) is 7.23. The summed E-state index contributed by atoms with van der Waals surface area (Å²) in [6, 6.07) is 1.99. The van der Waals surface area contributed by atoms with E-state index in [4.69, 9.17) is 5.73 Å². The first-order valence-electron chi connectivity index (χ1n) is 8.13. The molecule has 1 aliphatic rings. The molecule has 1 saturated carbocycles. The average molecular weight is 278 g/mol. The molecule has 1 aromatic rings. The highest BCUT2D eigenvalue weighted by Gasteiger charge is 2.38. The topological polar surface area (TPSA) is 47.1 Å². The van der Waals surface area contributed by atoms with Gasteiger partial charge in [-0.15, -0.1) is 0 Å². The van der Waals surface area contributed by atoms with E-state index in [1.165, 1.54) is 32.1 Å². The molecule has 1 fully saturated rings. The lowest BCUT2D eigenvalue weighted by molar-refractivity contribution is 0.0353. The summed E-state index contributed by atoms with van der Waals surface area (Å²) in [4.78, 5) is 2.64. The molecule has 2 atom stereocenters. The Morgan fingerprint density at radius 3 is 2.90 bits per heavy atom. The molecule has 0 saturated heterocycles. The van der Waals surface area contributed by atoms with Crippen LogP contribution in [0.15, 0.2) is 18.5 Å². The van der Waals surface area contributed by atoms with Gasteiger partial charge < -0.3 is 5.73 Å². The Kier molecular flexibility index (Phi) is 5.61. The monoisotopic (exact) mass is 278 g/mol. The van der Waals surface area contributed by atoms with E-state index in [0.29, 0.717) is 0 Å². The SMILES string of the molecule is CCCN(CCn1cccn1)C1(CN)CCCC(C)C1. The molecule has 4 heteroatoms. The van der Waals surface area contributed by atoms with Crippen molar-refractivity contribution in [3.8, 4) is 0 Å². The van der Waals surface area contributed by atoms with Crippen LogP contribution >= 0.6 is 0 Å². The van der Waals surface area contributed by atoms with Crippen LogP contribution in [0.4, 0.5) is 0 Å². The Morgan fingerprint density at radius 1 is 1.45 bits per heavy atom. The van der Waals surface area contributed by atoms with Crippen LogP contribution < -0.4 is 5.73 Å². The number of hydrogen-bond acceptors (Lipinski definition) is 3. The fraction of sp³-hybridized carbons (Fsp3) is 0.812. The van der Waals surface area contributed by atoms with Crippen LogP contribution in [-0.2, 0) is 6.54 Å². The van der Waals surface area contributed by atoms with Crippen molar-refractivity contribution in [2.75, 3.05) is 19.6 Å². The maximum Gasteiger partial charge on any atom is 0.0536 e. The Labute approximate surface area is 123 Å². The molecule has 0 spiro atoms. The van der Waals surface area contributed by atoms with Crippen molar-refractivity contribution < 1.29 is 0 Å². The highest BCUT2D eigenvalue weighted by atomic mass is 15.3. The fourth-order valence-electron chi connectivity index (χ4n) is 3.75. The van der Waals surface area contributed by atoms with Crippen LogP contribution in [0.3, 0.4) is 0 Å². The predicted octanol–water partition coefficient (Wildman–Crippen LogP) is 2.50. The molecule has 2 N–H and O–H groups in total. The molecule has 2 rings (SSSR count). The second-order valence-electron chi connectivity index (χ2n) is 6.39. The van der Waals surface area contributed by atoms with Gasteiger partial charge in [-0.3, -0.25) is 9.58 Å². The van der Waals surface area contributed by atoms with Gasteiger partial charge >= 0.3 is 0 Å². The van der Waals surface area contributed by atoms with Gasteiger partial charge in [0, 0.05) is 31.0 Å². The number of aromatic nitrogens is 2. The fourth-order valence-corrected chi connectivity index (χ4v) is 3.75. The van der Waals surface area contributed by atoms with Crippen molar-refractivity contribution >= 4 is 0 Å². The minimum Gasteiger partial charge on any atom is -0.329 e. The largest absolute Gasteiger partial charge is 0.329 e. The van der Waals surface area contributed by atoms with E-state index < -0.39 is 0 Å². The van der Waals surface area contributed by atoms with Gasteiger partial charge in [-0.25, -0.2) is 0 Å². The smallest absolute Gasteiger partial charge is 0.0536 e. The van der Waals surface area contributed by atoms with Crippen molar-refractivity contribution in [1.82, 2.24) is 14.7 Å². The Morgan fingerprint density at radius 2 is 2.30 bits per heavy atom. The van der Waals surface area contributed by atoms with Crippen LogP contribution in [0.1, 0.15) is 46.0 Å². The summed E-state index contributed by atoms with van der Waals surface area (Å²) in [7, 11) is 0. The molecule has 2 unspecified atom stereocenters. The highest BCUT2D eigenvalue weighted by molar-refractivity contribution is 4.96. The zero-order valence-electron chi connectivity index (χ0n) is 13.1. The Bertz CT molecular complexity index is 376. The lowest BCUT2D eigenvalue weighted by Gasteiger charge is -2.48. The van der Waals surface area contributed by atoms with Crippen molar-refractivity contribution in [2.24, 2.45) is 11.7 Å². The van der Waals surface area contributed by atoms with Gasteiger partial charge in [-0.1, -0.05) is 26.7 Å². The maximum absolute atomic E-state index is 6.22. The van der Waals surface area contributed by atoms with Gasteiger partial charge in [-0.05, 0) is 37.8 Å². The molecule has 0 aliphatic heterocycles. The molecule has 0 bridgehead atoms. The van der Waals surface area contributed by atoms with Gasteiger partial charge in [0.25, 0.3) is 0 Å². The minimum absolute atomic E-state index is 0.223. The standard InChI is InChI=1S/C16H30N4/c1-3-9-19(11-12-20-10-5-8-18-20)16(14-17)7-4-6-15(2)13-16/h5,8,10,15H,3-4,6-7,9,11-14,17H2,1-2H3. The third kappa shape index (κ3) is 3.61. The third-order valence-corrected chi connectivity index (χ3v) is 4.77. The first-order chi connectivity index (χ1) is 9.70. The van der Waals surface area contributed by atoms with Crippen LogP contribution in [0.5, 0.6) is 0 Å². The van der Waals surface area contributed by atoms with Gasteiger partial charge in [0.15, 0.2) is 0 Å². The van der Waals surface area contributed by atoms with Crippen molar-refractivity contribution in [1.29, 1.82) is 0 Å². The first kappa shape index (κ1) is 15.5. The third-order valence-electron chi connectivity index (χ3n) is 4.77. The Hall–Kier alpha value is -0.870. The summed E-state index contributed by atoms with van der Waals surface area (Å²) in [5.41, 5.74) is 6.44. The summed E-state index contributed by atoms with van der Waals surface area (Å²) in [6.45, 7) is 8.59. The minimum atomic E-state index is 0.223. The van der Waals surface area contributed by atoms with Crippen molar-refractivity contribution in [3.05, 3.63) is 18.5 Å². The summed E-state index contributed by atoms with van der Waals surface area (Å²) >= 11 is 0. The normalized spacial score (nSPS) is 27.1. The molecule has 4 nitrogen and oxygen atoms in total. The molecule has 0 radical (unpaired) electrons. The molecule has 0 amide bonds. The molecule has 0 aromatic carbocycles. The van der Waals surface area contributed by atoms with E-state index in [0.717, 1.165) is 32.1 Å². The van der Waals surface area contributed by atoms with Crippen molar-refractivity contribution in [2.45, 2.75) is 58.0 Å². The predicted molar refractivity (Wildman–Crippen MR) is 83.5 cm³/mol. The summed E-state index contributed by atoms with van der Waals surface area (Å²) < 4.78 is 2.03. The van der Waals surface area contributed by atoms with Crippen LogP contribution in [0, 0.1) is 5.92 Å². The maximum atomic E-state index is 6.22. The van der Waals surface area contributed by atoms with E-state index in [-0.39, 0.29) is 5.54 Å². The van der Waals surface area contributed by atoms with Crippen LogP contribution in [0.2, 0.25) is 0 Å². The van der Waals surface area contributed by atoms with E-state index in [1.807, 2.05) is 23.1 Å². The number of nitrogens with two attached hydrogens (primary N) is 1. The molecule has 1 aliphatic carbocycles. The number of nitrogens with zero attached hydrogens (tertiary/aromatic N) is 3. The summed E-state index contributed by atoms with van der Waals surface area (Å²) in [5, 5.41) is 4.32. The second-order valence-corrected chi connectivity index (χ2v) is 6.39. The molecule has 114 valence electrons. The number of hydrogen-bond donors (Lipinski definition) is 1. The van der Waals surface area contributed by atoms with E-state index in [2.05, 4.69) is 23.8 Å². The molecule has 20 heavy (non-hydrogen) atoms. The average Bonchev–Trinajstić information content (AvgIpc) is 2.96. The van der Waals surface area contributed by atoms with Crippen LogP contribution in [-0.4, -0.2) is 39.9 Å². The lowest BCUT2D eigenvalue weighted by Crippen LogP contribution is -2.57. The van der Waals surface area contributed by atoms with E-state index in [1.54, 1.807) is 0 Å². The highest BCUT2D eigenvalue weighted by Crippen LogP contribution is 2.36. The quantitative estimate of drug-likeness (QED) is 0.833. The number of rotatable bonds is 7. The molecule has 1 heterocycles. The van der Waals surface area contributed by atoms with Gasteiger partial charge in [0.2, 0.25) is 0 Å². The molecular formula is C16H30N4. The molecule has 1 aromatic heterocycles. The van der Waals surface area contributed by atoms with E-state index in [9.17, 15) is 0 Å². The zero-order valence-corrected chi connectivity index (χ0v) is 13.1. The van der Waals surface area contributed by atoms with Gasteiger partial charge in [-0.2, -0.15) is 5.10 Å². The van der Waals surface area contributed by atoms with Gasteiger partial charge in [0.05, 0.1) is 6.54 Å². The van der Waals surface area contributed by atoms with E-state index >= 15 is 0 Å². The van der Waals surface area contributed by atoms with Crippen LogP contribution in [0.25, 0.3) is 0 Å².